The van der Waals surface area contributed by atoms with Gasteiger partial charge in [0.25, 0.3) is 10.2 Å². The minimum Gasteiger partial charge on any atom is -0.376 e. The van der Waals surface area contributed by atoms with Crippen LogP contribution in [0.1, 0.15) is 26.2 Å². The highest BCUT2D eigenvalue weighted by Crippen LogP contribution is 2.39. The molecular formula is C12H22N2O3S. The molecule has 3 aliphatic rings. The summed E-state index contributed by atoms with van der Waals surface area (Å²) in [5.74, 6) is 1.22. The number of morpholine rings is 1. The second-order valence-electron chi connectivity index (χ2n) is 5.82. The third-order valence-corrected chi connectivity index (χ3v) is 6.48. The van der Waals surface area contributed by atoms with Gasteiger partial charge in [0.05, 0.1) is 12.7 Å². The standard InChI is InChI=1S/C12H22N2O3S/c1-10-7-13(5-6-17-10)18(15,16)14-8-11-3-2-4-12(11)9-14/h10-12H,2-9H2,1H3. The fraction of sp³-hybridized carbons (Fsp3) is 1.00. The van der Waals surface area contributed by atoms with Gasteiger partial charge in [0.1, 0.15) is 0 Å². The average Bonchev–Trinajstić information content (AvgIpc) is 2.89. The van der Waals surface area contributed by atoms with Crippen molar-refractivity contribution in [1.29, 1.82) is 0 Å². The lowest BCUT2D eigenvalue weighted by Crippen LogP contribution is -2.50. The molecule has 0 aromatic carbocycles. The van der Waals surface area contributed by atoms with Crippen molar-refractivity contribution in [3.63, 3.8) is 0 Å². The summed E-state index contributed by atoms with van der Waals surface area (Å²) in [6.07, 6.45) is 3.69. The summed E-state index contributed by atoms with van der Waals surface area (Å²) >= 11 is 0. The molecule has 0 radical (unpaired) electrons. The SMILES string of the molecule is CC1CN(S(=O)(=O)N2CC3CCCC3C2)CCO1. The Morgan fingerprint density at radius 2 is 1.72 bits per heavy atom. The lowest BCUT2D eigenvalue weighted by molar-refractivity contribution is 0.00843. The maximum Gasteiger partial charge on any atom is 0.282 e. The van der Waals surface area contributed by atoms with Crippen LogP contribution in [0.2, 0.25) is 0 Å². The zero-order valence-corrected chi connectivity index (χ0v) is 11.7. The van der Waals surface area contributed by atoms with E-state index in [9.17, 15) is 8.42 Å². The van der Waals surface area contributed by atoms with Gasteiger partial charge in [-0.3, -0.25) is 0 Å². The van der Waals surface area contributed by atoms with E-state index in [2.05, 4.69) is 0 Å². The molecule has 0 spiro atoms. The van der Waals surface area contributed by atoms with Crippen molar-refractivity contribution < 1.29 is 13.2 Å². The topological polar surface area (TPSA) is 49.9 Å². The lowest BCUT2D eigenvalue weighted by Gasteiger charge is -2.33. The summed E-state index contributed by atoms with van der Waals surface area (Å²) in [6.45, 7) is 4.91. The van der Waals surface area contributed by atoms with Gasteiger partial charge in [-0.15, -0.1) is 0 Å². The molecule has 0 aromatic rings. The number of fused-ring (bicyclic) bond motifs is 1. The first-order valence-corrected chi connectivity index (χ1v) is 8.34. The normalized spacial score (nSPS) is 39.1. The molecule has 18 heavy (non-hydrogen) atoms. The minimum atomic E-state index is -3.25. The van der Waals surface area contributed by atoms with Crippen LogP contribution in [0.4, 0.5) is 0 Å². The third-order valence-electron chi connectivity index (χ3n) is 4.55. The molecular weight excluding hydrogens is 252 g/mol. The number of hydrogen-bond acceptors (Lipinski definition) is 3. The van der Waals surface area contributed by atoms with Crippen molar-refractivity contribution >= 4 is 10.2 Å². The molecule has 104 valence electrons. The Morgan fingerprint density at radius 3 is 2.33 bits per heavy atom. The van der Waals surface area contributed by atoms with E-state index in [0.717, 1.165) is 13.1 Å². The monoisotopic (exact) mass is 274 g/mol. The molecule has 0 N–H and O–H groups in total. The van der Waals surface area contributed by atoms with Crippen LogP contribution in [0.3, 0.4) is 0 Å². The molecule has 3 rings (SSSR count). The molecule has 2 aliphatic heterocycles. The Hall–Kier alpha value is -0.170. The Kier molecular flexibility index (Phi) is 3.38. The van der Waals surface area contributed by atoms with Crippen molar-refractivity contribution in [2.45, 2.75) is 32.3 Å². The van der Waals surface area contributed by atoms with Gasteiger partial charge < -0.3 is 4.74 Å². The van der Waals surface area contributed by atoms with Crippen molar-refractivity contribution in [3.05, 3.63) is 0 Å². The van der Waals surface area contributed by atoms with Crippen molar-refractivity contribution in [2.75, 3.05) is 32.8 Å². The predicted molar refractivity (Wildman–Crippen MR) is 68.3 cm³/mol. The van der Waals surface area contributed by atoms with Crippen LogP contribution in [0.25, 0.3) is 0 Å². The van der Waals surface area contributed by atoms with Gasteiger partial charge in [-0.25, -0.2) is 0 Å². The predicted octanol–water partition coefficient (Wildman–Crippen LogP) is 0.684. The van der Waals surface area contributed by atoms with E-state index in [1.165, 1.54) is 19.3 Å². The summed E-state index contributed by atoms with van der Waals surface area (Å²) < 4.78 is 33.8. The summed E-state index contributed by atoms with van der Waals surface area (Å²) in [4.78, 5) is 0. The van der Waals surface area contributed by atoms with E-state index < -0.39 is 10.2 Å². The van der Waals surface area contributed by atoms with Gasteiger partial charge in [0, 0.05) is 26.2 Å². The fourth-order valence-electron chi connectivity index (χ4n) is 3.54. The third kappa shape index (κ3) is 2.19. The molecule has 3 unspecified atom stereocenters. The summed E-state index contributed by atoms with van der Waals surface area (Å²) in [6, 6.07) is 0. The molecule has 3 fully saturated rings. The Labute approximate surface area is 109 Å². The van der Waals surface area contributed by atoms with Crippen LogP contribution < -0.4 is 0 Å². The van der Waals surface area contributed by atoms with Crippen molar-refractivity contribution in [1.82, 2.24) is 8.61 Å². The number of rotatable bonds is 2. The second-order valence-corrected chi connectivity index (χ2v) is 7.74. The molecule has 5 nitrogen and oxygen atoms in total. The Balaban J connectivity index is 1.71. The quantitative estimate of drug-likeness (QED) is 0.744. The first kappa shape index (κ1) is 12.8. The molecule has 0 bridgehead atoms. The van der Waals surface area contributed by atoms with E-state index >= 15 is 0 Å². The van der Waals surface area contributed by atoms with Gasteiger partial charge in [-0.1, -0.05) is 6.42 Å². The summed E-state index contributed by atoms with van der Waals surface area (Å²) in [5.41, 5.74) is 0. The second kappa shape index (κ2) is 4.74. The van der Waals surface area contributed by atoms with Gasteiger partial charge >= 0.3 is 0 Å². The van der Waals surface area contributed by atoms with Crippen LogP contribution in [-0.4, -0.2) is 55.9 Å². The van der Waals surface area contributed by atoms with Crippen LogP contribution >= 0.6 is 0 Å². The summed E-state index contributed by atoms with van der Waals surface area (Å²) in [5, 5.41) is 0. The lowest BCUT2D eigenvalue weighted by atomic mass is 10.0. The summed E-state index contributed by atoms with van der Waals surface area (Å²) in [7, 11) is -3.25. The van der Waals surface area contributed by atoms with Crippen molar-refractivity contribution in [2.24, 2.45) is 11.8 Å². The molecule has 1 saturated carbocycles. The van der Waals surface area contributed by atoms with E-state index in [1.807, 2.05) is 6.92 Å². The Morgan fingerprint density at radius 1 is 1.06 bits per heavy atom. The first-order valence-electron chi connectivity index (χ1n) is 6.94. The van der Waals surface area contributed by atoms with E-state index in [1.54, 1.807) is 8.61 Å². The highest BCUT2D eigenvalue weighted by Gasteiger charge is 2.43. The highest BCUT2D eigenvalue weighted by molar-refractivity contribution is 7.86. The van der Waals surface area contributed by atoms with Gasteiger partial charge in [0.15, 0.2) is 0 Å². The van der Waals surface area contributed by atoms with Gasteiger partial charge in [-0.2, -0.15) is 17.0 Å². The highest BCUT2D eigenvalue weighted by atomic mass is 32.2. The number of hydrogen-bond donors (Lipinski definition) is 0. The van der Waals surface area contributed by atoms with Crippen LogP contribution in [0, 0.1) is 11.8 Å². The zero-order chi connectivity index (χ0) is 12.8. The van der Waals surface area contributed by atoms with Crippen LogP contribution in [0.15, 0.2) is 0 Å². The molecule has 2 saturated heterocycles. The number of nitrogens with zero attached hydrogens (tertiary/aromatic N) is 2. The minimum absolute atomic E-state index is 0.00984. The maximum absolute atomic E-state index is 12.6. The van der Waals surface area contributed by atoms with E-state index in [4.69, 9.17) is 4.74 Å². The molecule has 6 heteroatoms. The fourth-order valence-corrected chi connectivity index (χ4v) is 5.33. The largest absolute Gasteiger partial charge is 0.376 e. The molecule has 1 aliphatic carbocycles. The van der Waals surface area contributed by atoms with Crippen LogP contribution in [0.5, 0.6) is 0 Å². The molecule has 0 aromatic heterocycles. The maximum atomic E-state index is 12.6. The molecule has 2 heterocycles. The average molecular weight is 274 g/mol. The van der Waals surface area contributed by atoms with Gasteiger partial charge in [0.2, 0.25) is 0 Å². The first-order chi connectivity index (χ1) is 8.57. The number of ether oxygens (including phenoxy) is 1. The zero-order valence-electron chi connectivity index (χ0n) is 10.9. The van der Waals surface area contributed by atoms with Crippen LogP contribution in [-0.2, 0) is 14.9 Å². The molecule has 0 amide bonds. The van der Waals surface area contributed by atoms with E-state index in [-0.39, 0.29) is 6.10 Å². The van der Waals surface area contributed by atoms with Crippen molar-refractivity contribution in [3.8, 4) is 0 Å². The van der Waals surface area contributed by atoms with Gasteiger partial charge in [-0.05, 0) is 31.6 Å². The smallest absolute Gasteiger partial charge is 0.282 e. The Bertz CT molecular complexity index is 400. The molecule has 3 atom stereocenters. The van der Waals surface area contributed by atoms with E-state index in [0.29, 0.717) is 31.5 Å².